The quantitative estimate of drug-likeness (QED) is 0.720. The van der Waals surface area contributed by atoms with Gasteiger partial charge >= 0.3 is 0 Å². The van der Waals surface area contributed by atoms with Gasteiger partial charge in [0.25, 0.3) is 0 Å². The van der Waals surface area contributed by atoms with Gasteiger partial charge in [-0.2, -0.15) is 0 Å². The molecule has 5 nitrogen and oxygen atoms in total. The lowest BCUT2D eigenvalue weighted by Crippen LogP contribution is -2.14. The van der Waals surface area contributed by atoms with Gasteiger partial charge in [-0.3, -0.25) is 0 Å². The Morgan fingerprint density at radius 3 is 2.90 bits per heavy atom. The van der Waals surface area contributed by atoms with E-state index in [9.17, 15) is 0 Å². The number of hydrogen-bond donors (Lipinski definition) is 1. The monoisotopic (exact) mass is 288 g/mol. The molecule has 0 aliphatic carbocycles. The SMILES string of the molecule is CCCNCc1cn(CCOc2ccccc2CC)nn1. The minimum atomic E-state index is 0.599. The van der Waals surface area contributed by atoms with E-state index >= 15 is 0 Å². The fourth-order valence-electron chi connectivity index (χ4n) is 2.11. The normalized spacial score (nSPS) is 10.8. The molecule has 1 N–H and O–H groups in total. The standard InChI is InChI=1S/C16H24N4O/c1-3-9-17-12-15-13-20(19-18-15)10-11-21-16-8-6-5-7-14(16)4-2/h5-8,13,17H,3-4,9-12H2,1-2H3. The molecule has 21 heavy (non-hydrogen) atoms. The van der Waals surface area contributed by atoms with Gasteiger partial charge in [-0.15, -0.1) is 5.10 Å². The molecule has 1 aromatic heterocycles. The van der Waals surface area contributed by atoms with Gasteiger partial charge in [0.1, 0.15) is 12.4 Å². The average Bonchev–Trinajstić information content (AvgIpc) is 2.96. The van der Waals surface area contributed by atoms with Crippen molar-refractivity contribution in [3.8, 4) is 5.75 Å². The lowest BCUT2D eigenvalue weighted by molar-refractivity contribution is 0.287. The highest BCUT2D eigenvalue weighted by Gasteiger charge is 2.03. The highest BCUT2D eigenvalue weighted by Crippen LogP contribution is 2.18. The summed E-state index contributed by atoms with van der Waals surface area (Å²) in [6.45, 7) is 7.36. The summed E-state index contributed by atoms with van der Waals surface area (Å²) < 4.78 is 7.67. The number of benzene rings is 1. The van der Waals surface area contributed by atoms with Crippen LogP contribution in [-0.4, -0.2) is 28.1 Å². The van der Waals surface area contributed by atoms with Crippen LogP contribution in [0.1, 0.15) is 31.5 Å². The number of para-hydroxylation sites is 1. The second-order valence-electron chi connectivity index (χ2n) is 4.96. The second kappa shape index (κ2) is 8.42. The van der Waals surface area contributed by atoms with E-state index in [1.165, 1.54) is 5.56 Å². The number of ether oxygens (including phenoxy) is 1. The molecule has 0 spiro atoms. The van der Waals surface area contributed by atoms with Gasteiger partial charge in [0.15, 0.2) is 0 Å². The van der Waals surface area contributed by atoms with Crippen LogP contribution in [0.2, 0.25) is 0 Å². The van der Waals surface area contributed by atoms with E-state index in [2.05, 4.69) is 35.5 Å². The fourth-order valence-corrected chi connectivity index (χ4v) is 2.11. The molecule has 0 amide bonds. The summed E-state index contributed by atoms with van der Waals surface area (Å²) in [6, 6.07) is 8.16. The van der Waals surface area contributed by atoms with Gasteiger partial charge in [0, 0.05) is 12.7 Å². The summed E-state index contributed by atoms with van der Waals surface area (Å²) in [6.07, 6.45) is 4.07. The summed E-state index contributed by atoms with van der Waals surface area (Å²) in [7, 11) is 0. The zero-order valence-electron chi connectivity index (χ0n) is 12.9. The number of nitrogens with zero attached hydrogens (tertiary/aromatic N) is 3. The van der Waals surface area contributed by atoms with Crippen LogP contribution in [-0.2, 0) is 19.5 Å². The summed E-state index contributed by atoms with van der Waals surface area (Å²) in [5.41, 5.74) is 2.21. The topological polar surface area (TPSA) is 52.0 Å². The van der Waals surface area contributed by atoms with Crippen LogP contribution in [0.3, 0.4) is 0 Å². The Labute approximate surface area is 126 Å². The van der Waals surface area contributed by atoms with E-state index in [1.54, 1.807) is 0 Å². The predicted octanol–water partition coefficient (Wildman–Crippen LogP) is 2.42. The molecule has 0 fully saturated rings. The molecule has 0 radical (unpaired) electrons. The number of nitrogens with one attached hydrogen (secondary N) is 1. The summed E-state index contributed by atoms with van der Waals surface area (Å²) in [4.78, 5) is 0. The minimum absolute atomic E-state index is 0.599. The van der Waals surface area contributed by atoms with Crippen LogP contribution in [0, 0.1) is 0 Å². The summed E-state index contributed by atoms with van der Waals surface area (Å²) >= 11 is 0. The van der Waals surface area contributed by atoms with E-state index < -0.39 is 0 Å². The predicted molar refractivity (Wildman–Crippen MR) is 83.3 cm³/mol. The first-order valence-electron chi connectivity index (χ1n) is 7.64. The molecule has 0 unspecified atom stereocenters. The third-order valence-corrected chi connectivity index (χ3v) is 3.25. The van der Waals surface area contributed by atoms with Gasteiger partial charge in [0.05, 0.1) is 12.2 Å². The maximum atomic E-state index is 5.84. The molecule has 0 aliphatic rings. The third-order valence-electron chi connectivity index (χ3n) is 3.25. The third kappa shape index (κ3) is 4.86. The van der Waals surface area contributed by atoms with Crippen LogP contribution in [0.15, 0.2) is 30.5 Å². The molecule has 0 saturated heterocycles. The van der Waals surface area contributed by atoms with Gasteiger partial charge in [-0.1, -0.05) is 37.3 Å². The van der Waals surface area contributed by atoms with Crippen molar-refractivity contribution < 1.29 is 4.74 Å². The van der Waals surface area contributed by atoms with Crippen LogP contribution in [0.25, 0.3) is 0 Å². The number of hydrogen-bond acceptors (Lipinski definition) is 4. The van der Waals surface area contributed by atoms with Crippen molar-refractivity contribution in [2.45, 2.75) is 39.8 Å². The molecule has 0 saturated carbocycles. The van der Waals surface area contributed by atoms with E-state index in [0.29, 0.717) is 13.2 Å². The van der Waals surface area contributed by atoms with Crippen LogP contribution in [0.5, 0.6) is 5.75 Å². The molecule has 1 aromatic carbocycles. The lowest BCUT2D eigenvalue weighted by Gasteiger charge is -2.09. The molecule has 2 rings (SSSR count). The average molecular weight is 288 g/mol. The number of aryl methyl sites for hydroxylation is 1. The molecule has 5 heteroatoms. The molecule has 2 aromatic rings. The van der Waals surface area contributed by atoms with Gasteiger partial charge in [-0.25, -0.2) is 4.68 Å². The Balaban J connectivity index is 1.78. The molecule has 0 atom stereocenters. The number of rotatable bonds is 9. The molecule has 1 heterocycles. The Morgan fingerprint density at radius 2 is 2.10 bits per heavy atom. The summed E-state index contributed by atoms with van der Waals surface area (Å²) in [5, 5.41) is 11.6. The van der Waals surface area contributed by atoms with Crippen LogP contribution >= 0.6 is 0 Å². The zero-order chi connectivity index (χ0) is 14.9. The van der Waals surface area contributed by atoms with E-state index in [-0.39, 0.29) is 0 Å². The Hall–Kier alpha value is -1.88. The second-order valence-corrected chi connectivity index (χ2v) is 4.96. The highest BCUT2D eigenvalue weighted by molar-refractivity contribution is 5.33. The Morgan fingerprint density at radius 1 is 1.24 bits per heavy atom. The summed E-state index contributed by atoms with van der Waals surface area (Å²) in [5.74, 6) is 0.963. The smallest absolute Gasteiger partial charge is 0.122 e. The maximum Gasteiger partial charge on any atom is 0.122 e. The Kier molecular flexibility index (Phi) is 6.22. The zero-order valence-corrected chi connectivity index (χ0v) is 12.9. The van der Waals surface area contributed by atoms with E-state index in [1.807, 2.05) is 29.1 Å². The molecule has 114 valence electrons. The minimum Gasteiger partial charge on any atom is -0.491 e. The largest absolute Gasteiger partial charge is 0.491 e. The maximum absolute atomic E-state index is 5.84. The van der Waals surface area contributed by atoms with Gasteiger partial charge in [0.2, 0.25) is 0 Å². The Bertz CT molecular complexity index is 539. The molecular formula is C16H24N4O. The van der Waals surface area contributed by atoms with Crippen molar-refractivity contribution in [2.24, 2.45) is 0 Å². The molecular weight excluding hydrogens is 264 g/mol. The van der Waals surface area contributed by atoms with Gasteiger partial charge < -0.3 is 10.1 Å². The van der Waals surface area contributed by atoms with Crippen molar-refractivity contribution >= 4 is 0 Å². The first-order valence-corrected chi connectivity index (χ1v) is 7.64. The van der Waals surface area contributed by atoms with Gasteiger partial charge in [-0.05, 0) is 31.0 Å². The highest BCUT2D eigenvalue weighted by atomic mass is 16.5. The van der Waals surface area contributed by atoms with Crippen molar-refractivity contribution in [2.75, 3.05) is 13.2 Å². The van der Waals surface area contributed by atoms with Crippen molar-refractivity contribution in [1.29, 1.82) is 0 Å². The number of aromatic nitrogens is 3. The van der Waals surface area contributed by atoms with Crippen molar-refractivity contribution in [3.05, 3.63) is 41.7 Å². The lowest BCUT2D eigenvalue weighted by atomic mass is 10.1. The molecule has 0 bridgehead atoms. The van der Waals surface area contributed by atoms with E-state index in [4.69, 9.17) is 4.74 Å². The first kappa shape index (κ1) is 15.5. The fraction of sp³-hybridized carbons (Fsp3) is 0.500. The molecule has 0 aliphatic heterocycles. The van der Waals surface area contributed by atoms with Crippen LogP contribution in [0.4, 0.5) is 0 Å². The van der Waals surface area contributed by atoms with E-state index in [0.717, 1.165) is 37.4 Å². The first-order chi connectivity index (χ1) is 10.3. The van der Waals surface area contributed by atoms with Crippen molar-refractivity contribution in [1.82, 2.24) is 20.3 Å². The van der Waals surface area contributed by atoms with Crippen LogP contribution < -0.4 is 10.1 Å². The van der Waals surface area contributed by atoms with Crippen molar-refractivity contribution in [3.63, 3.8) is 0 Å².